The van der Waals surface area contributed by atoms with Gasteiger partial charge in [0.1, 0.15) is 11.6 Å². The third kappa shape index (κ3) is 8.05. The summed E-state index contributed by atoms with van der Waals surface area (Å²) in [5, 5.41) is 3.59. The number of halogens is 8. The number of fused-ring (bicyclic) bond motifs is 2. The molecule has 0 saturated carbocycles. The predicted molar refractivity (Wildman–Crippen MR) is 211 cm³/mol. The number of carbonyl (C=O) groups is 1. The number of carbonyl (C=O) groups excluding carboxylic acids is 1. The fourth-order valence-electron chi connectivity index (χ4n) is 6.83. The third-order valence-corrected chi connectivity index (χ3v) is 11.8. The molecule has 2 nitrogen and oxygen atoms in total. The Morgan fingerprint density at radius 1 is 0.526 bits per heavy atom. The normalized spacial score (nSPS) is 12.1. The van der Waals surface area contributed by atoms with Gasteiger partial charge in [0.25, 0.3) is 5.91 Å². The predicted octanol–water partition coefficient (Wildman–Crippen LogP) is 14.2. The number of alkyl halides is 6. The van der Waals surface area contributed by atoms with E-state index < -0.39 is 41.0 Å². The van der Waals surface area contributed by atoms with Crippen molar-refractivity contribution in [2.45, 2.75) is 25.2 Å². The molecule has 0 unspecified atom stereocenters. The van der Waals surface area contributed by atoms with Gasteiger partial charge < -0.3 is 5.32 Å². The lowest BCUT2D eigenvalue weighted by Crippen LogP contribution is -2.11. The van der Waals surface area contributed by atoms with E-state index in [1.807, 2.05) is 6.07 Å². The maximum Gasteiger partial charge on any atom is 0.416 e. The lowest BCUT2D eigenvalue weighted by Gasteiger charge is -2.10. The molecule has 2 aromatic heterocycles. The third-order valence-electron chi connectivity index (χ3n) is 9.50. The number of benzene rings is 6. The smallest absolute Gasteiger partial charge is 0.322 e. The molecule has 0 fully saturated rings. The second-order valence-corrected chi connectivity index (χ2v) is 15.7. The molecule has 0 aliphatic rings. The van der Waals surface area contributed by atoms with Crippen LogP contribution in [0.15, 0.2) is 133 Å². The van der Waals surface area contributed by atoms with Gasteiger partial charge in [-0.05, 0) is 94.0 Å². The number of thiophene rings is 2. The van der Waals surface area contributed by atoms with Crippen LogP contribution in [0.2, 0.25) is 0 Å². The van der Waals surface area contributed by atoms with Crippen molar-refractivity contribution < 1.29 is 39.9 Å². The van der Waals surface area contributed by atoms with E-state index >= 15 is 8.78 Å². The number of hydrogen-bond donors (Lipinski definition) is 1. The summed E-state index contributed by atoms with van der Waals surface area (Å²) in [6.45, 7) is 0. The highest BCUT2D eigenvalue weighted by Crippen LogP contribution is 2.40. The van der Waals surface area contributed by atoms with Gasteiger partial charge in [-0.1, -0.05) is 72.8 Å². The molecule has 1 amide bonds. The second-order valence-electron chi connectivity index (χ2n) is 13.5. The van der Waals surface area contributed by atoms with E-state index in [9.17, 15) is 31.1 Å². The Balaban J connectivity index is 1.04. The zero-order valence-corrected chi connectivity index (χ0v) is 31.0. The van der Waals surface area contributed by atoms with Crippen molar-refractivity contribution in [1.82, 2.24) is 0 Å². The molecule has 57 heavy (non-hydrogen) atoms. The Bertz CT molecular complexity index is 2820. The molecule has 2 heterocycles. The topological polar surface area (TPSA) is 29.1 Å². The molecular weight excluding hydrogens is 787 g/mol. The van der Waals surface area contributed by atoms with E-state index in [-0.39, 0.29) is 12.8 Å². The van der Waals surface area contributed by atoms with Crippen LogP contribution in [0.25, 0.3) is 42.4 Å². The molecule has 12 heteroatoms. The molecule has 0 aliphatic heterocycles. The van der Waals surface area contributed by atoms with Crippen LogP contribution >= 0.6 is 22.7 Å². The maximum absolute atomic E-state index is 15.0. The lowest BCUT2D eigenvalue weighted by molar-refractivity contribution is -0.138. The van der Waals surface area contributed by atoms with Crippen LogP contribution in [-0.2, 0) is 25.2 Å². The zero-order chi connectivity index (χ0) is 40.1. The van der Waals surface area contributed by atoms with Crippen molar-refractivity contribution in [1.29, 1.82) is 0 Å². The van der Waals surface area contributed by atoms with Gasteiger partial charge in [0.2, 0.25) is 0 Å². The van der Waals surface area contributed by atoms with E-state index in [0.29, 0.717) is 74.6 Å². The van der Waals surface area contributed by atoms with Crippen LogP contribution in [0, 0.1) is 11.6 Å². The first-order valence-corrected chi connectivity index (χ1v) is 19.1. The monoisotopic (exact) mass is 813 g/mol. The Hall–Kier alpha value is -5.85. The first-order valence-electron chi connectivity index (χ1n) is 17.5. The summed E-state index contributed by atoms with van der Waals surface area (Å²) in [5.74, 6) is -1.35. The standard InChI is InChI=1S/C45H27F8NOS2/c46-39-15-13-35(41-37(39)23-33(56-41)19-25-5-1-10-30(17-25)44(48,49)50)27-7-3-9-29(21-27)43(55)54-32-12-4-8-28(22-32)36-14-16-40(47)38-24-34(57-42(36)38)20-26-6-2-11-31(18-26)45(51,52)53/h1-18,21-24H,19-20H2,(H,54,55). The Labute approximate surface area is 328 Å². The van der Waals surface area contributed by atoms with Gasteiger partial charge in [-0.15, -0.1) is 22.7 Å². The van der Waals surface area contributed by atoms with Gasteiger partial charge in [0, 0.05) is 54.0 Å². The molecule has 0 atom stereocenters. The van der Waals surface area contributed by atoms with Gasteiger partial charge in [0.15, 0.2) is 0 Å². The largest absolute Gasteiger partial charge is 0.416 e. The van der Waals surface area contributed by atoms with Crippen LogP contribution in [0.1, 0.15) is 42.4 Å². The highest BCUT2D eigenvalue weighted by Gasteiger charge is 2.31. The van der Waals surface area contributed by atoms with Crippen LogP contribution in [-0.4, -0.2) is 5.91 Å². The summed E-state index contributed by atoms with van der Waals surface area (Å²) in [7, 11) is 0. The average molecular weight is 814 g/mol. The number of anilines is 1. The lowest BCUT2D eigenvalue weighted by atomic mass is 10.0. The molecule has 0 spiro atoms. The summed E-state index contributed by atoms with van der Waals surface area (Å²) in [5.41, 5.74) is 2.84. The van der Waals surface area contributed by atoms with Crippen molar-refractivity contribution in [2.24, 2.45) is 0 Å². The van der Waals surface area contributed by atoms with E-state index in [1.54, 1.807) is 78.9 Å². The number of hydrogen-bond acceptors (Lipinski definition) is 3. The van der Waals surface area contributed by atoms with Gasteiger partial charge in [0.05, 0.1) is 11.1 Å². The van der Waals surface area contributed by atoms with Gasteiger partial charge >= 0.3 is 12.4 Å². The molecule has 8 rings (SSSR count). The van der Waals surface area contributed by atoms with E-state index in [2.05, 4.69) is 5.32 Å². The van der Waals surface area contributed by atoms with Crippen LogP contribution in [0.3, 0.4) is 0 Å². The SMILES string of the molecule is O=C(Nc1cccc(-c2ccc(F)c3cc(Cc4cccc(C(F)(F)F)c4)sc23)c1)c1cccc(-c2ccc(F)c3cc(Cc4cccc(C(F)(F)F)c4)sc23)c1. The van der Waals surface area contributed by atoms with Crippen molar-refractivity contribution in [3.8, 4) is 22.3 Å². The van der Waals surface area contributed by atoms with Gasteiger partial charge in [-0.3, -0.25) is 4.79 Å². The van der Waals surface area contributed by atoms with E-state index in [0.717, 1.165) is 24.3 Å². The first kappa shape index (κ1) is 38.0. The minimum absolute atomic E-state index is 0.181. The number of nitrogens with one attached hydrogen (secondary N) is 1. The zero-order valence-electron chi connectivity index (χ0n) is 29.4. The molecule has 6 aromatic carbocycles. The fraction of sp³-hybridized carbons (Fsp3) is 0.0889. The van der Waals surface area contributed by atoms with Gasteiger partial charge in [-0.25, -0.2) is 8.78 Å². The highest BCUT2D eigenvalue weighted by molar-refractivity contribution is 7.20. The maximum atomic E-state index is 15.0. The first-order chi connectivity index (χ1) is 27.2. The Kier molecular flexibility index (Phi) is 9.95. The van der Waals surface area contributed by atoms with Gasteiger partial charge in [-0.2, -0.15) is 26.3 Å². The Morgan fingerprint density at radius 3 is 1.51 bits per heavy atom. The Morgan fingerprint density at radius 2 is 1.00 bits per heavy atom. The molecule has 0 bridgehead atoms. The van der Waals surface area contributed by atoms with Crippen molar-refractivity contribution in [3.63, 3.8) is 0 Å². The van der Waals surface area contributed by atoms with Crippen LogP contribution < -0.4 is 5.32 Å². The highest BCUT2D eigenvalue weighted by atomic mass is 32.1. The van der Waals surface area contributed by atoms with E-state index in [1.165, 1.54) is 46.9 Å². The summed E-state index contributed by atoms with van der Waals surface area (Å²) in [6, 6.07) is 33.1. The minimum Gasteiger partial charge on any atom is -0.322 e. The molecular formula is C45H27F8NOS2. The number of rotatable bonds is 8. The molecule has 0 aliphatic carbocycles. The summed E-state index contributed by atoms with van der Waals surface area (Å²) in [4.78, 5) is 15.0. The van der Waals surface area contributed by atoms with Crippen LogP contribution in [0.4, 0.5) is 40.8 Å². The summed E-state index contributed by atoms with van der Waals surface area (Å²) >= 11 is 2.57. The van der Waals surface area contributed by atoms with Crippen molar-refractivity contribution in [3.05, 3.63) is 183 Å². The number of amides is 1. The molecule has 8 aromatic rings. The molecule has 1 N–H and O–H groups in total. The summed E-state index contributed by atoms with van der Waals surface area (Å²) in [6.07, 6.45) is -8.59. The average Bonchev–Trinajstić information content (AvgIpc) is 3.80. The van der Waals surface area contributed by atoms with Crippen molar-refractivity contribution in [2.75, 3.05) is 5.32 Å². The quantitative estimate of drug-likeness (QED) is 0.152. The summed E-state index contributed by atoms with van der Waals surface area (Å²) < 4.78 is 111. The molecule has 286 valence electrons. The molecule has 0 radical (unpaired) electrons. The second kappa shape index (κ2) is 14.9. The van der Waals surface area contributed by atoms with Crippen molar-refractivity contribution >= 4 is 54.4 Å². The fourth-order valence-corrected chi connectivity index (χ4v) is 9.31. The molecule has 0 saturated heterocycles. The van der Waals surface area contributed by atoms with Crippen LogP contribution in [0.5, 0.6) is 0 Å². The minimum atomic E-state index is -4.48. The van der Waals surface area contributed by atoms with E-state index in [4.69, 9.17) is 0 Å².